The van der Waals surface area contributed by atoms with Gasteiger partial charge in [-0.05, 0) is 19.3 Å². The Morgan fingerprint density at radius 2 is 1.07 bits per heavy atom. The molecule has 0 radical (unpaired) electrons. The molecule has 0 rings (SSSR count). The van der Waals surface area contributed by atoms with Crippen LogP contribution in [0.15, 0.2) is 35.3 Å². The minimum atomic E-state index is -1.38. The van der Waals surface area contributed by atoms with E-state index < -0.39 is 5.57 Å². The fourth-order valence-corrected chi connectivity index (χ4v) is 5.47. The number of hydrogen-bond donors (Lipinski definition) is 0. The predicted molar refractivity (Wildman–Crippen MR) is 78.1 cm³/mol. The average molecular weight is 320 g/mol. The summed E-state index contributed by atoms with van der Waals surface area (Å²) in [7, 11) is 0. The van der Waals surface area contributed by atoms with Crippen molar-refractivity contribution >= 4 is 27.4 Å². The van der Waals surface area contributed by atoms with Crippen LogP contribution in [0, 0.1) is 0 Å². The molecule has 80 valence electrons. The van der Waals surface area contributed by atoms with Gasteiger partial charge in [-0.1, -0.05) is 56.1 Å². The van der Waals surface area contributed by atoms with Gasteiger partial charge in [0.1, 0.15) is 0 Å². The Morgan fingerprint density at radius 3 is 1.29 bits per heavy atom. The molecular weight excluding hydrogens is 299 g/mol. The first-order valence-corrected chi connectivity index (χ1v) is 10.7. The molecule has 0 aliphatic rings. The summed E-state index contributed by atoms with van der Waals surface area (Å²) in [6.45, 7) is 6.57. The van der Waals surface area contributed by atoms with Gasteiger partial charge in [0.15, 0.2) is 5.57 Å². The molecule has 0 unspecified atom stereocenters. The van der Waals surface area contributed by atoms with E-state index in [1.165, 1.54) is 0 Å². The van der Waals surface area contributed by atoms with Crippen molar-refractivity contribution < 1.29 is 0 Å². The van der Waals surface area contributed by atoms with Gasteiger partial charge in [0, 0.05) is 0 Å². The largest absolute Gasteiger partial charge is 0.194 e. The summed E-state index contributed by atoms with van der Waals surface area (Å²) in [6.07, 6.45) is 10.3. The SMILES string of the molecule is CCC=C[Si](I)(C=CCC)C=CCC. The maximum Gasteiger partial charge on any atom is 0.194 e. The molecule has 0 fully saturated rings. The number of halogens is 1. The van der Waals surface area contributed by atoms with Crippen LogP contribution in [0.2, 0.25) is 0 Å². The molecule has 0 amide bonds. The van der Waals surface area contributed by atoms with Gasteiger partial charge >= 0.3 is 0 Å². The number of allylic oxidation sites excluding steroid dienone is 3. The van der Waals surface area contributed by atoms with Crippen LogP contribution in [-0.4, -0.2) is 5.57 Å². The second-order valence-corrected chi connectivity index (χ2v) is 11.5. The van der Waals surface area contributed by atoms with Gasteiger partial charge in [-0.3, -0.25) is 0 Å². The predicted octanol–water partition coefficient (Wildman–Crippen LogP) is 4.88. The van der Waals surface area contributed by atoms with Crippen molar-refractivity contribution in [1.82, 2.24) is 0 Å². The minimum Gasteiger partial charge on any atom is -0.102 e. The summed E-state index contributed by atoms with van der Waals surface area (Å²) in [5, 5.41) is 0. The zero-order valence-corrected chi connectivity index (χ0v) is 12.6. The van der Waals surface area contributed by atoms with Gasteiger partial charge in [-0.25, -0.2) is 0 Å². The lowest BCUT2D eigenvalue weighted by molar-refractivity contribution is 1.22. The van der Waals surface area contributed by atoms with E-state index in [0.717, 1.165) is 19.3 Å². The van der Waals surface area contributed by atoms with E-state index in [1.807, 2.05) is 0 Å². The Hall–Kier alpha value is 0.167. The Balaban J connectivity index is 4.56. The van der Waals surface area contributed by atoms with E-state index in [4.69, 9.17) is 0 Å². The number of hydrogen-bond acceptors (Lipinski definition) is 0. The van der Waals surface area contributed by atoms with Gasteiger partial charge in [-0.2, -0.15) is 0 Å². The first-order chi connectivity index (χ1) is 6.68. The summed E-state index contributed by atoms with van der Waals surface area (Å²) in [4.78, 5) is 0. The smallest absolute Gasteiger partial charge is 0.102 e. The van der Waals surface area contributed by atoms with Gasteiger partial charge in [0.25, 0.3) is 0 Å². The molecule has 0 saturated heterocycles. The summed E-state index contributed by atoms with van der Waals surface area (Å²) in [5.41, 5.74) is 5.84. The average Bonchev–Trinajstić information content (AvgIpc) is 2.21. The molecule has 14 heavy (non-hydrogen) atoms. The van der Waals surface area contributed by atoms with Crippen LogP contribution in [0.1, 0.15) is 40.0 Å². The highest BCUT2D eigenvalue weighted by atomic mass is 127. The first-order valence-electron chi connectivity index (χ1n) is 5.40. The molecule has 0 aromatic heterocycles. The van der Waals surface area contributed by atoms with Crippen molar-refractivity contribution in [1.29, 1.82) is 0 Å². The zero-order valence-electron chi connectivity index (χ0n) is 9.46. The second-order valence-electron chi connectivity index (χ2n) is 3.26. The van der Waals surface area contributed by atoms with Crippen LogP contribution in [0.4, 0.5) is 0 Å². The zero-order chi connectivity index (χ0) is 10.9. The van der Waals surface area contributed by atoms with Crippen molar-refractivity contribution in [2.45, 2.75) is 40.0 Å². The standard InChI is InChI=1S/C12H21ISi/c1-4-7-10-14(13,11-8-5-2)12-9-6-3/h7-12H,4-6H2,1-3H3. The highest BCUT2D eigenvalue weighted by Crippen LogP contribution is 2.19. The van der Waals surface area contributed by atoms with E-state index in [2.05, 4.69) is 77.9 Å². The summed E-state index contributed by atoms with van der Waals surface area (Å²) in [6, 6.07) is 0. The van der Waals surface area contributed by atoms with Crippen LogP contribution in [0.5, 0.6) is 0 Å². The summed E-state index contributed by atoms with van der Waals surface area (Å²) < 4.78 is 0. The molecule has 0 aliphatic carbocycles. The lowest BCUT2D eigenvalue weighted by Crippen LogP contribution is -2.17. The molecular formula is C12H21ISi. The van der Waals surface area contributed by atoms with Crippen LogP contribution >= 0.6 is 21.8 Å². The molecule has 0 aliphatic heterocycles. The monoisotopic (exact) mass is 320 g/mol. The molecule has 0 nitrogen and oxygen atoms in total. The van der Waals surface area contributed by atoms with Gasteiger partial charge < -0.3 is 0 Å². The molecule has 0 saturated carbocycles. The maximum atomic E-state index is 2.62. The van der Waals surface area contributed by atoms with Gasteiger partial charge in [0.2, 0.25) is 0 Å². The lowest BCUT2D eigenvalue weighted by Gasteiger charge is -2.11. The minimum absolute atomic E-state index is 1.14. The third-order valence-electron chi connectivity index (χ3n) is 1.83. The van der Waals surface area contributed by atoms with Crippen LogP contribution in [0.25, 0.3) is 0 Å². The van der Waals surface area contributed by atoms with E-state index in [1.54, 1.807) is 0 Å². The fraction of sp³-hybridized carbons (Fsp3) is 0.500. The highest BCUT2D eigenvalue weighted by Gasteiger charge is 2.17. The van der Waals surface area contributed by atoms with Crippen LogP contribution in [0.3, 0.4) is 0 Å². The van der Waals surface area contributed by atoms with Crippen molar-refractivity contribution in [3.8, 4) is 0 Å². The topological polar surface area (TPSA) is 0 Å². The van der Waals surface area contributed by atoms with E-state index in [0.29, 0.717) is 0 Å². The molecule has 0 N–H and O–H groups in total. The third-order valence-corrected chi connectivity index (χ3v) is 7.30. The highest BCUT2D eigenvalue weighted by molar-refractivity contribution is 14.1. The quantitative estimate of drug-likeness (QED) is 0.372. The van der Waals surface area contributed by atoms with Crippen LogP contribution in [-0.2, 0) is 0 Å². The fourth-order valence-electron chi connectivity index (χ4n) is 1.06. The molecule has 0 atom stereocenters. The molecule has 0 heterocycles. The second kappa shape index (κ2) is 8.47. The Morgan fingerprint density at radius 1 is 0.786 bits per heavy atom. The molecule has 0 aromatic rings. The van der Waals surface area contributed by atoms with Crippen molar-refractivity contribution in [3.05, 3.63) is 35.3 Å². The lowest BCUT2D eigenvalue weighted by atomic mass is 10.5. The Labute approximate surface area is 102 Å². The van der Waals surface area contributed by atoms with Crippen molar-refractivity contribution in [2.24, 2.45) is 0 Å². The molecule has 0 spiro atoms. The first kappa shape index (κ1) is 14.2. The van der Waals surface area contributed by atoms with E-state index >= 15 is 0 Å². The van der Waals surface area contributed by atoms with E-state index in [-0.39, 0.29) is 0 Å². The molecule has 0 bridgehead atoms. The Kier molecular flexibility index (Phi) is 8.57. The van der Waals surface area contributed by atoms with Gasteiger partial charge in [-0.15, -0.1) is 21.8 Å². The van der Waals surface area contributed by atoms with Crippen molar-refractivity contribution in [3.63, 3.8) is 0 Å². The Bertz CT molecular complexity index is 180. The summed E-state index contributed by atoms with van der Waals surface area (Å²) >= 11 is 2.62. The normalized spacial score (nSPS) is 17.1. The van der Waals surface area contributed by atoms with Crippen LogP contribution < -0.4 is 0 Å². The van der Waals surface area contributed by atoms with E-state index in [9.17, 15) is 0 Å². The summed E-state index contributed by atoms with van der Waals surface area (Å²) in [5.74, 6) is 0. The van der Waals surface area contributed by atoms with Gasteiger partial charge in [0.05, 0.1) is 0 Å². The van der Waals surface area contributed by atoms with Crippen molar-refractivity contribution in [2.75, 3.05) is 0 Å². The maximum absolute atomic E-state index is 2.62. The number of rotatable bonds is 6. The molecule has 2 heteroatoms. The molecule has 0 aromatic carbocycles. The third kappa shape index (κ3) is 6.60.